The van der Waals surface area contributed by atoms with Gasteiger partial charge in [0.05, 0.1) is 36.3 Å². The average Bonchev–Trinajstić information content (AvgIpc) is 3.15. The van der Waals surface area contributed by atoms with Crippen molar-refractivity contribution in [2.24, 2.45) is 0 Å². The summed E-state index contributed by atoms with van der Waals surface area (Å²) in [5, 5.41) is 21.8. The van der Waals surface area contributed by atoms with Crippen LogP contribution < -0.4 is 9.04 Å². The minimum Gasteiger partial charge on any atom is -0.476 e. The van der Waals surface area contributed by atoms with Crippen molar-refractivity contribution < 1.29 is 51.6 Å². The van der Waals surface area contributed by atoms with Gasteiger partial charge < -0.3 is 24.4 Å². The third-order valence-corrected chi connectivity index (χ3v) is 9.89. The van der Waals surface area contributed by atoms with E-state index >= 15 is 0 Å². The van der Waals surface area contributed by atoms with Gasteiger partial charge in [0.25, 0.3) is 0 Å². The van der Waals surface area contributed by atoms with Gasteiger partial charge in [-0.1, -0.05) is 37.6 Å². The molecule has 2 N–H and O–H groups in total. The minimum absolute atomic E-state index is 0.0914. The molecule has 304 valence electrons. The summed E-state index contributed by atoms with van der Waals surface area (Å²) in [4.78, 5) is 46.8. The number of ether oxygens (including phenoxy) is 3. The van der Waals surface area contributed by atoms with E-state index in [1.54, 1.807) is 48.5 Å². The first-order valence-corrected chi connectivity index (χ1v) is 20.1. The molecule has 0 fully saturated rings. The summed E-state index contributed by atoms with van der Waals surface area (Å²) < 4.78 is 55.4. The van der Waals surface area contributed by atoms with Crippen LogP contribution in [0.2, 0.25) is 5.02 Å². The molecule has 0 saturated heterocycles. The molecule has 1 aromatic heterocycles. The number of hydrogen-bond acceptors (Lipinski definition) is 12. The van der Waals surface area contributed by atoms with E-state index in [2.05, 4.69) is 9.97 Å². The SMILES string of the molecule is CC(C)c1nc(N(C)S(C)(=O)=O)nc(-c2ccc(F)cc2)c1/C=C/C(O)CC(O)CC(=O)OCCOC(=O)C(C)(C)Oc1ccc(C(=O)c2ccc(Cl)cc2)cc1. The van der Waals surface area contributed by atoms with Crippen LogP contribution in [0.5, 0.6) is 5.75 Å². The van der Waals surface area contributed by atoms with Crippen LogP contribution in [-0.2, 0) is 29.1 Å². The molecule has 16 heteroatoms. The van der Waals surface area contributed by atoms with Gasteiger partial charge >= 0.3 is 11.9 Å². The van der Waals surface area contributed by atoms with Crippen LogP contribution in [0, 0.1) is 5.82 Å². The highest BCUT2D eigenvalue weighted by atomic mass is 35.5. The molecule has 0 aliphatic heterocycles. The monoisotopic (exact) mass is 825 g/mol. The molecule has 57 heavy (non-hydrogen) atoms. The normalized spacial score (nSPS) is 13.0. The van der Waals surface area contributed by atoms with Crippen LogP contribution in [0.15, 0.2) is 78.9 Å². The molecule has 1 heterocycles. The summed E-state index contributed by atoms with van der Waals surface area (Å²) in [6.45, 7) is 6.09. The number of rotatable bonds is 18. The van der Waals surface area contributed by atoms with E-state index in [0.717, 1.165) is 10.6 Å². The fourth-order valence-corrected chi connectivity index (χ4v) is 5.84. The van der Waals surface area contributed by atoms with Crippen molar-refractivity contribution in [1.82, 2.24) is 9.97 Å². The molecule has 2 atom stereocenters. The first-order chi connectivity index (χ1) is 26.7. The van der Waals surface area contributed by atoms with Crippen LogP contribution in [0.1, 0.15) is 73.6 Å². The van der Waals surface area contributed by atoms with Crippen molar-refractivity contribution in [1.29, 1.82) is 0 Å². The fourth-order valence-electron chi connectivity index (χ4n) is 5.34. The molecule has 0 radical (unpaired) electrons. The number of esters is 2. The van der Waals surface area contributed by atoms with Crippen LogP contribution in [0.3, 0.4) is 0 Å². The van der Waals surface area contributed by atoms with Gasteiger partial charge in [0, 0.05) is 40.7 Å². The Labute approximate surface area is 336 Å². The van der Waals surface area contributed by atoms with Gasteiger partial charge in [-0.25, -0.2) is 31.9 Å². The summed E-state index contributed by atoms with van der Waals surface area (Å²) in [5.74, 6) is -2.22. The van der Waals surface area contributed by atoms with Gasteiger partial charge in [0.2, 0.25) is 16.0 Å². The maximum absolute atomic E-state index is 13.8. The fraction of sp³-hybridized carbons (Fsp3) is 0.341. The largest absolute Gasteiger partial charge is 0.476 e. The number of halogens is 2. The van der Waals surface area contributed by atoms with Crippen molar-refractivity contribution >= 4 is 51.4 Å². The van der Waals surface area contributed by atoms with Crippen molar-refractivity contribution in [2.45, 2.75) is 64.3 Å². The van der Waals surface area contributed by atoms with Crippen molar-refractivity contribution in [3.63, 3.8) is 0 Å². The smallest absolute Gasteiger partial charge is 0.350 e. The lowest BCUT2D eigenvalue weighted by Gasteiger charge is -2.24. The lowest BCUT2D eigenvalue weighted by atomic mass is 9.97. The quantitative estimate of drug-likeness (QED) is 0.0665. The second kappa shape index (κ2) is 19.3. The topological polar surface area (TPSA) is 183 Å². The Bertz CT molecular complexity index is 2180. The number of aliphatic hydroxyl groups is 2. The van der Waals surface area contributed by atoms with Gasteiger partial charge in [0.15, 0.2) is 11.4 Å². The molecule has 2 unspecified atom stereocenters. The number of ketones is 1. The van der Waals surface area contributed by atoms with Gasteiger partial charge in [-0.05, 0) is 92.6 Å². The van der Waals surface area contributed by atoms with Crippen molar-refractivity contribution in [3.8, 4) is 17.0 Å². The number of carbonyl (C=O) groups is 3. The summed E-state index contributed by atoms with van der Waals surface area (Å²) in [6, 6.07) is 18.2. The second-order valence-electron chi connectivity index (χ2n) is 13.9. The molecule has 13 nitrogen and oxygen atoms in total. The van der Waals surface area contributed by atoms with Crippen LogP contribution in [-0.4, -0.2) is 90.6 Å². The number of anilines is 1. The summed E-state index contributed by atoms with van der Waals surface area (Å²) >= 11 is 5.90. The summed E-state index contributed by atoms with van der Waals surface area (Å²) in [7, 11) is -2.40. The number of sulfonamides is 1. The van der Waals surface area contributed by atoms with E-state index in [4.69, 9.17) is 25.8 Å². The Morgan fingerprint density at radius 3 is 2.07 bits per heavy atom. The van der Waals surface area contributed by atoms with Gasteiger partial charge in [-0.3, -0.25) is 9.59 Å². The van der Waals surface area contributed by atoms with Crippen LogP contribution in [0.25, 0.3) is 17.3 Å². The highest BCUT2D eigenvalue weighted by Gasteiger charge is 2.32. The van der Waals surface area contributed by atoms with E-state index in [9.17, 15) is 37.4 Å². The van der Waals surface area contributed by atoms with E-state index in [-0.39, 0.29) is 37.3 Å². The van der Waals surface area contributed by atoms with Crippen molar-refractivity contribution in [2.75, 3.05) is 30.8 Å². The molecule has 0 spiro atoms. The number of nitrogens with zero attached hydrogens (tertiary/aromatic N) is 3. The van der Waals surface area contributed by atoms with E-state index in [1.165, 1.54) is 57.3 Å². The van der Waals surface area contributed by atoms with Crippen molar-refractivity contribution in [3.05, 3.63) is 112 Å². The Morgan fingerprint density at radius 2 is 1.49 bits per heavy atom. The summed E-state index contributed by atoms with van der Waals surface area (Å²) in [5.41, 5.74) is 1.11. The third kappa shape index (κ3) is 12.6. The molecule has 3 aromatic carbocycles. The Balaban J connectivity index is 1.29. The van der Waals surface area contributed by atoms with E-state index in [0.29, 0.717) is 44.4 Å². The maximum atomic E-state index is 13.8. The maximum Gasteiger partial charge on any atom is 0.350 e. The Kier molecular flexibility index (Phi) is 15.1. The molecular weight excluding hydrogens is 781 g/mol. The van der Waals surface area contributed by atoms with E-state index in [1.807, 2.05) is 13.8 Å². The first-order valence-electron chi connectivity index (χ1n) is 17.8. The highest BCUT2D eigenvalue weighted by molar-refractivity contribution is 7.92. The molecule has 0 aliphatic rings. The summed E-state index contributed by atoms with van der Waals surface area (Å²) in [6.07, 6.45) is 0.675. The zero-order chi connectivity index (χ0) is 42.1. The Hall–Kier alpha value is -5.22. The standard InChI is InChI=1S/C41H45ClFN3O10S/c1-25(2)36-34(37(26-9-15-30(43)16-10-26)45-40(44-36)46(5)57(6,52)53)20-17-31(47)23-32(48)24-35(49)54-21-22-55-39(51)41(3,4)56-33-18-11-28(12-19-33)38(50)27-7-13-29(42)14-8-27/h7-20,25,31-32,47-48H,21-24H2,1-6H3/b20-17+. The Morgan fingerprint density at radius 1 is 0.912 bits per heavy atom. The number of carbonyl (C=O) groups excluding carboxylic acids is 3. The molecule has 0 saturated carbocycles. The van der Waals surface area contributed by atoms with Crippen LogP contribution >= 0.6 is 11.6 Å². The highest BCUT2D eigenvalue weighted by Crippen LogP contribution is 2.32. The molecule has 0 aliphatic carbocycles. The molecule has 4 rings (SSSR count). The second-order valence-corrected chi connectivity index (χ2v) is 16.4. The lowest BCUT2D eigenvalue weighted by molar-refractivity contribution is -0.163. The van der Waals surface area contributed by atoms with Gasteiger partial charge in [-0.15, -0.1) is 0 Å². The number of aromatic nitrogens is 2. The van der Waals surface area contributed by atoms with Gasteiger partial charge in [0.1, 0.15) is 24.8 Å². The minimum atomic E-state index is -3.72. The third-order valence-electron chi connectivity index (χ3n) is 8.47. The zero-order valence-corrected chi connectivity index (χ0v) is 33.9. The molecule has 0 amide bonds. The number of hydrogen-bond donors (Lipinski definition) is 2. The molecule has 0 bridgehead atoms. The predicted octanol–water partition coefficient (Wildman–Crippen LogP) is 6.15. The van der Waals surface area contributed by atoms with Crippen LogP contribution in [0.4, 0.5) is 10.3 Å². The predicted molar refractivity (Wildman–Crippen MR) is 213 cm³/mol. The molecular formula is C41H45ClFN3O10S. The average molecular weight is 826 g/mol. The zero-order valence-electron chi connectivity index (χ0n) is 32.3. The first kappa shape index (κ1) is 44.5. The van der Waals surface area contributed by atoms with Gasteiger partial charge in [-0.2, -0.15) is 0 Å². The molecule has 4 aromatic rings. The van der Waals surface area contributed by atoms with E-state index < -0.39 is 52.0 Å². The number of benzene rings is 3. The number of aliphatic hydroxyl groups excluding tert-OH is 2. The lowest BCUT2D eigenvalue weighted by Crippen LogP contribution is -2.40.